The van der Waals surface area contributed by atoms with Gasteiger partial charge in [0.1, 0.15) is 17.7 Å². The molecule has 0 saturated heterocycles. The lowest BCUT2D eigenvalue weighted by Gasteiger charge is -2.12. The number of rotatable bonds is 2. The number of carboxylic acid groups (broad SMARTS) is 1. The number of nitrogens with zero attached hydrogens (tertiary/aromatic N) is 1. The van der Waals surface area contributed by atoms with E-state index in [9.17, 15) is 4.79 Å². The average Bonchev–Trinajstić information content (AvgIpc) is 2.60. The van der Waals surface area contributed by atoms with E-state index in [1.807, 2.05) is 0 Å². The molecule has 0 spiro atoms. The Labute approximate surface area is 108 Å². The molecule has 0 aromatic heterocycles. The van der Waals surface area contributed by atoms with Gasteiger partial charge in [-0.25, -0.2) is 0 Å². The number of hydrogen-bond acceptors (Lipinski definition) is 3. The molecule has 90 valence electrons. The molecule has 6 heteroatoms. The topological polar surface area (TPSA) is 58.9 Å². The molecule has 1 N–H and O–H groups in total. The van der Waals surface area contributed by atoms with Crippen molar-refractivity contribution in [1.29, 1.82) is 0 Å². The molecule has 0 aliphatic carbocycles. The van der Waals surface area contributed by atoms with Crippen molar-refractivity contribution >= 4 is 34.9 Å². The van der Waals surface area contributed by atoms with Crippen LogP contribution in [0.5, 0.6) is 0 Å². The molecule has 0 fully saturated rings. The van der Waals surface area contributed by atoms with E-state index in [2.05, 4.69) is 5.16 Å². The summed E-state index contributed by atoms with van der Waals surface area (Å²) < 4.78 is 0. The Morgan fingerprint density at radius 1 is 1.41 bits per heavy atom. The second-order valence-electron chi connectivity index (χ2n) is 3.70. The minimum Gasteiger partial charge on any atom is -0.481 e. The quantitative estimate of drug-likeness (QED) is 0.902. The number of halogens is 2. The van der Waals surface area contributed by atoms with Gasteiger partial charge >= 0.3 is 5.97 Å². The van der Waals surface area contributed by atoms with Crippen molar-refractivity contribution in [2.24, 2.45) is 11.1 Å². The van der Waals surface area contributed by atoms with Crippen LogP contribution in [0, 0.1) is 5.92 Å². The van der Waals surface area contributed by atoms with Crippen molar-refractivity contribution in [3.05, 3.63) is 33.8 Å². The molecule has 1 aromatic carbocycles. The maximum atomic E-state index is 11.2. The van der Waals surface area contributed by atoms with Crippen LogP contribution in [-0.2, 0) is 9.63 Å². The highest BCUT2D eigenvalue weighted by Crippen LogP contribution is 2.32. The molecule has 1 aliphatic rings. The standard InChI is InChI=1S/C11H9Cl2NO3/c1-5-8(11(15)16)10(14-17-5)9-6(12)3-2-4-7(9)13/h2-5,8H,1H3,(H,15,16). The van der Waals surface area contributed by atoms with E-state index in [0.717, 1.165) is 0 Å². The number of carbonyl (C=O) groups is 1. The number of oxime groups is 1. The highest BCUT2D eigenvalue weighted by atomic mass is 35.5. The van der Waals surface area contributed by atoms with Crippen LogP contribution in [0.25, 0.3) is 0 Å². The molecule has 0 bridgehead atoms. The maximum Gasteiger partial charge on any atom is 0.316 e. The third-order valence-corrected chi connectivity index (χ3v) is 3.20. The maximum absolute atomic E-state index is 11.2. The number of hydrogen-bond donors (Lipinski definition) is 1. The lowest BCUT2D eigenvalue weighted by Crippen LogP contribution is -2.30. The second-order valence-corrected chi connectivity index (χ2v) is 4.51. The zero-order valence-corrected chi connectivity index (χ0v) is 10.4. The van der Waals surface area contributed by atoms with Gasteiger partial charge in [0, 0.05) is 5.56 Å². The average molecular weight is 274 g/mol. The molecule has 4 nitrogen and oxygen atoms in total. The Hall–Kier alpha value is -1.26. The lowest BCUT2D eigenvalue weighted by atomic mass is 9.93. The minimum absolute atomic E-state index is 0.264. The summed E-state index contributed by atoms with van der Waals surface area (Å²) in [7, 11) is 0. The molecule has 2 rings (SSSR count). The zero-order valence-electron chi connectivity index (χ0n) is 8.85. The molecule has 17 heavy (non-hydrogen) atoms. The van der Waals surface area contributed by atoms with Crippen LogP contribution in [0.15, 0.2) is 23.4 Å². The predicted octanol–water partition coefficient (Wildman–Crippen LogP) is 2.82. The largest absolute Gasteiger partial charge is 0.481 e. The van der Waals surface area contributed by atoms with Crippen LogP contribution in [0.2, 0.25) is 10.0 Å². The van der Waals surface area contributed by atoms with E-state index in [0.29, 0.717) is 15.6 Å². The summed E-state index contributed by atoms with van der Waals surface area (Å²) in [5, 5.41) is 13.7. The molecule has 2 unspecified atom stereocenters. The van der Waals surface area contributed by atoms with Gasteiger partial charge in [-0.3, -0.25) is 4.79 Å². The lowest BCUT2D eigenvalue weighted by molar-refractivity contribution is -0.141. The summed E-state index contributed by atoms with van der Waals surface area (Å²) in [4.78, 5) is 16.2. The highest BCUT2D eigenvalue weighted by Gasteiger charge is 2.39. The molecule has 2 atom stereocenters. The second kappa shape index (κ2) is 4.55. The monoisotopic (exact) mass is 273 g/mol. The first-order valence-corrected chi connectivity index (χ1v) is 5.69. The summed E-state index contributed by atoms with van der Waals surface area (Å²) in [6.07, 6.45) is -0.533. The van der Waals surface area contributed by atoms with E-state index in [1.54, 1.807) is 25.1 Å². The molecule has 1 aromatic rings. The molecule has 0 amide bonds. The van der Waals surface area contributed by atoms with Gasteiger partial charge in [0.05, 0.1) is 10.0 Å². The Morgan fingerprint density at radius 3 is 2.53 bits per heavy atom. The van der Waals surface area contributed by atoms with Crippen LogP contribution in [-0.4, -0.2) is 22.9 Å². The van der Waals surface area contributed by atoms with E-state index < -0.39 is 18.0 Å². The van der Waals surface area contributed by atoms with E-state index in [1.165, 1.54) is 0 Å². The summed E-state index contributed by atoms with van der Waals surface area (Å²) in [6.45, 7) is 1.64. The van der Waals surface area contributed by atoms with Gasteiger partial charge < -0.3 is 9.94 Å². The van der Waals surface area contributed by atoms with Gasteiger partial charge in [0.25, 0.3) is 0 Å². The van der Waals surface area contributed by atoms with Crippen LogP contribution < -0.4 is 0 Å². The van der Waals surface area contributed by atoms with E-state index in [4.69, 9.17) is 33.1 Å². The number of benzene rings is 1. The van der Waals surface area contributed by atoms with Crippen molar-refractivity contribution in [2.45, 2.75) is 13.0 Å². The zero-order chi connectivity index (χ0) is 12.6. The Balaban J connectivity index is 2.50. The summed E-state index contributed by atoms with van der Waals surface area (Å²) in [5.74, 6) is -1.86. The van der Waals surface area contributed by atoms with Gasteiger partial charge in [-0.1, -0.05) is 34.4 Å². The van der Waals surface area contributed by atoms with Crippen LogP contribution in [0.3, 0.4) is 0 Å². The molecular formula is C11H9Cl2NO3. The van der Waals surface area contributed by atoms with Crippen molar-refractivity contribution < 1.29 is 14.7 Å². The Morgan fingerprint density at radius 2 is 2.00 bits per heavy atom. The van der Waals surface area contributed by atoms with Crippen LogP contribution >= 0.6 is 23.2 Å². The van der Waals surface area contributed by atoms with E-state index in [-0.39, 0.29) is 5.71 Å². The number of carboxylic acids is 1. The first kappa shape index (κ1) is 12.2. The summed E-state index contributed by atoms with van der Waals surface area (Å²) in [6, 6.07) is 4.95. The molecular weight excluding hydrogens is 265 g/mol. The van der Waals surface area contributed by atoms with E-state index >= 15 is 0 Å². The SMILES string of the molecule is CC1ON=C(c2c(Cl)cccc2Cl)C1C(=O)O. The Bertz CT molecular complexity index is 481. The van der Waals surface area contributed by atoms with Crippen molar-refractivity contribution in [1.82, 2.24) is 0 Å². The van der Waals surface area contributed by atoms with Gasteiger partial charge in [0.15, 0.2) is 0 Å². The van der Waals surface area contributed by atoms with Crippen molar-refractivity contribution in [3.63, 3.8) is 0 Å². The van der Waals surface area contributed by atoms with Crippen LogP contribution in [0.1, 0.15) is 12.5 Å². The molecule has 1 aliphatic heterocycles. The first-order valence-electron chi connectivity index (χ1n) is 4.93. The van der Waals surface area contributed by atoms with Gasteiger partial charge in [0.2, 0.25) is 0 Å². The fraction of sp³-hybridized carbons (Fsp3) is 0.273. The van der Waals surface area contributed by atoms with Crippen molar-refractivity contribution in [3.8, 4) is 0 Å². The van der Waals surface area contributed by atoms with Crippen molar-refractivity contribution in [2.75, 3.05) is 0 Å². The van der Waals surface area contributed by atoms with Gasteiger partial charge in [-0.05, 0) is 19.1 Å². The third kappa shape index (κ3) is 2.10. The van der Waals surface area contributed by atoms with Crippen LogP contribution in [0.4, 0.5) is 0 Å². The molecule has 0 saturated carbocycles. The molecule has 0 radical (unpaired) electrons. The van der Waals surface area contributed by atoms with Gasteiger partial charge in [-0.15, -0.1) is 0 Å². The number of aliphatic carboxylic acids is 1. The third-order valence-electron chi connectivity index (χ3n) is 2.57. The summed E-state index contributed by atoms with van der Waals surface area (Å²) >= 11 is 12.0. The smallest absolute Gasteiger partial charge is 0.316 e. The Kier molecular flexibility index (Phi) is 3.26. The molecule has 1 heterocycles. The van der Waals surface area contributed by atoms with Gasteiger partial charge in [-0.2, -0.15) is 0 Å². The summed E-state index contributed by atoms with van der Waals surface area (Å²) in [5.41, 5.74) is 0.688. The fourth-order valence-corrected chi connectivity index (χ4v) is 2.33. The normalized spacial score (nSPS) is 23.1. The first-order chi connectivity index (χ1) is 8.02. The highest BCUT2D eigenvalue weighted by molar-refractivity contribution is 6.41. The minimum atomic E-state index is -1.01. The fourth-order valence-electron chi connectivity index (χ4n) is 1.74. The predicted molar refractivity (Wildman–Crippen MR) is 64.7 cm³/mol.